The number of carbonyl (C=O) groups is 3. The Kier molecular flexibility index (Phi) is 4.32. The molecule has 0 amide bonds. The lowest BCUT2D eigenvalue weighted by Gasteiger charge is -2.62. The molecule has 30 heavy (non-hydrogen) atoms. The van der Waals surface area contributed by atoms with Crippen LogP contribution in [0, 0.1) is 34.5 Å². The van der Waals surface area contributed by atoms with Gasteiger partial charge in [-0.25, -0.2) is 0 Å². The minimum Gasteiger partial charge on any atom is -0.469 e. The highest BCUT2D eigenvalue weighted by atomic mass is 16.6. The molecule has 1 heterocycles. The zero-order valence-corrected chi connectivity index (χ0v) is 18.1. The van der Waals surface area contributed by atoms with E-state index in [1.807, 2.05) is 0 Å². The topological polar surface area (TPSA) is 89.9 Å². The van der Waals surface area contributed by atoms with Crippen molar-refractivity contribution in [1.82, 2.24) is 0 Å². The van der Waals surface area contributed by atoms with Crippen LogP contribution in [-0.4, -0.2) is 41.6 Å². The van der Waals surface area contributed by atoms with E-state index in [4.69, 9.17) is 9.47 Å². The van der Waals surface area contributed by atoms with Gasteiger partial charge in [0.05, 0.1) is 19.1 Å². The number of methoxy groups -OCH3 is 1. The van der Waals surface area contributed by atoms with Crippen molar-refractivity contribution in [3.8, 4) is 0 Å². The average Bonchev–Trinajstić information content (AvgIpc) is 3.21. The molecule has 4 fully saturated rings. The summed E-state index contributed by atoms with van der Waals surface area (Å²) >= 11 is 0. The summed E-state index contributed by atoms with van der Waals surface area (Å²) in [7, 11) is 1.42. The lowest BCUT2D eigenvalue weighted by molar-refractivity contribution is -0.197. The van der Waals surface area contributed by atoms with E-state index >= 15 is 0 Å². The van der Waals surface area contributed by atoms with Crippen LogP contribution >= 0.6 is 0 Å². The number of fused-ring (bicyclic) bond motifs is 6. The molecule has 8 atom stereocenters. The Labute approximate surface area is 177 Å². The number of allylic oxidation sites excluding steroid dienone is 1. The fourth-order valence-electron chi connectivity index (χ4n) is 8.35. The van der Waals surface area contributed by atoms with Crippen LogP contribution in [0.25, 0.3) is 0 Å². The predicted octanol–water partition coefficient (Wildman–Crippen LogP) is 2.96. The van der Waals surface area contributed by atoms with E-state index < -0.39 is 11.7 Å². The lowest BCUT2D eigenvalue weighted by atomic mass is 9.43. The summed E-state index contributed by atoms with van der Waals surface area (Å²) in [6.45, 7) is 4.33. The Morgan fingerprint density at radius 2 is 1.97 bits per heavy atom. The average molecular weight is 417 g/mol. The standard InChI is InChI=1S/C24H32O6/c1-22-7-4-14(25)10-13(22)11-15(21(28)29-3)19-16-5-8-24(9-6-18(27)30-24)23(16,2)12-17(26)20(19)22/h10,15-17,19-20,26H,4-9,11-12H2,1-3H3/t15-,16?,17-,19?,20?,22+,23+,24-/m1/s1. The zero-order valence-electron chi connectivity index (χ0n) is 18.1. The van der Waals surface area contributed by atoms with Crippen molar-refractivity contribution in [2.24, 2.45) is 34.5 Å². The fraction of sp³-hybridized carbons (Fsp3) is 0.792. The lowest BCUT2D eigenvalue weighted by Crippen LogP contribution is -2.62. The first-order valence-electron chi connectivity index (χ1n) is 11.4. The third-order valence-electron chi connectivity index (χ3n) is 9.79. The van der Waals surface area contributed by atoms with Crippen LogP contribution in [0.5, 0.6) is 0 Å². The maximum atomic E-state index is 12.9. The monoisotopic (exact) mass is 416 g/mol. The van der Waals surface area contributed by atoms with Gasteiger partial charge in [-0.3, -0.25) is 14.4 Å². The van der Waals surface area contributed by atoms with Gasteiger partial charge >= 0.3 is 11.9 Å². The van der Waals surface area contributed by atoms with Gasteiger partial charge in [0.15, 0.2) is 5.78 Å². The second-order valence-electron chi connectivity index (χ2n) is 10.8. The molecule has 1 aliphatic heterocycles. The Balaban J connectivity index is 1.62. The van der Waals surface area contributed by atoms with E-state index in [1.54, 1.807) is 6.08 Å². The molecule has 0 aromatic heterocycles. The summed E-state index contributed by atoms with van der Waals surface area (Å²) in [5.74, 6) is -0.636. The van der Waals surface area contributed by atoms with Crippen LogP contribution in [-0.2, 0) is 23.9 Å². The molecule has 1 spiro atoms. The number of carbonyl (C=O) groups excluding carboxylic acids is 3. The number of ether oxygens (including phenoxy) is 2. The fourth-order valence-corrected chi connectivity index (χ4v) is 8.35. The summed E-state index contributed by atoms with van der Waals surface area (Å²) in [6, 6.07) is 0. The summed E-state index contributed by atoms with van der Waals surface area (Å²) in [5, 5.41) is 11.6. The first kappa shape index (κ1) is 20.2. The van der Waals surface area contributed by atoms with E-state index in [0.29, 0.717) is 38.5 Å². The highest BCUT2D eigenvalue weighted by Gasteiger charge is 2.71. The van der Waals surface area contributed by atoms with Crippen LogP contribution in [0.15, 0.2) is 11.6 Å². The Morgan fingerprint density at radius 1 is 1.20 bits per heavy atom. The van der Waals surface area contributed by atoms with Gasteiger partial charge in [-0.15, -0.1) is 0 Å². The molecule has 1 N–H and O–H groups in total. The van der Waals surface area contributed by atoms with E-state index in [9.17, 15) is 19.5 Å². The van der Waals surface area contributed by atoms with Crippen molar-refractivity contribution in [1.29, 1.82) is 0 Å². The van der Waals surface area contributed by atoms with Crippen molar-refractivity contribution >= 4 is 17.7 Å². The Bertz CT molecular complexity index is 847. The molecule has 1 saturated heterocycles. The smallest absolute Gasteiger partial charge is 0.309 e. The van der Waals surface area contributed by atoms with Gasteiger partial charge in [0, 0.05) is 18.3 Å². The number of esters is 2. The molecular weight excluding hydrogens is 384 g/mol. The van der Waals surface area contributed by atoms with E-state index in [-0.39, 0.29) is 52.2 Å². The van der Waals surface area contributed by atoms with Crippen molar-refractivity contribution < 1.29 is 29.0 Å². The second-order valence-corrected chi connectivity index (χ2v) is 10.8. The van der Waals surface area contributed by atoms with Gasteiger partial charge in [0.25, 0.3) is 0 Å². The number of aliphatic hydroxyl groups is 1. The molecule has 6 nitrogen and oxygen atoms in total. The van der Waals surface area contributed by atoms with Crippen LogP contribution in [0.3, 0.4) is 0 Å². The summed E-state index contributed by atoms with van der Waals surface area (Å²) < 4.78 is 11.2. The van der Waals surface area contributed by atoms with Crippen molar-refractivity contribution in [2.75, 3.05) is 7.11 Å². The van der Waals surface area contributed by atoms with Gasteiger partial charge < -0.3 is 14.6 Å². The molecular formula is C24H32O6. The number of aliphatic hydroxyl groups excluding tert-OH is 1. The zero-order chi connectivity index (χ0) is 21.5. The van der Waals surface area contributed by atoms with E-state index in [1.165, 1.54) is 7.11 Å². The molecule has 6 heteroatoms. The second kappa shape index (κ2) is 6.41. The molecule has 3 unspecified atom stereocenters. The van der Waals surface area contributed by atoms with Gasteiger partial charge in [0.2, 0.25) is 0 Å². The van der Waals surface area contributed by atoms with Gasteiger partial charge in [-0.05, 0) is 67.8 Å². The van der Waals surface area contributed by atoms with Gasteiger partial charge in [0.1, 0.15) is 5.60 Å². The first-order chi connectivity index (χ1) is 14.1. The molecule has 164 valence electrons. The Hall–Kier alpha value is -1.69. The molecule has 0 aromatic carbocycles. The summed E-state index contributed by atoms with van der Waals surface area (Å²) in [4.78, 5) is 37.2. The highest BCUT2D eigenvalue weighted by molar-refractivity contribution is 5.92. The highest BCUT2D eigenvalue weighted by Crippen LogP contribution is 2.70. The van der Waals surface area contributed by atoms with E-state index in [0.717, 1.165) is 18.4 Å². The molecule has 3 saturated carbocycles. The van der Waals surface area contributed by atoms with Gasteiger partial charge in [-0.1, -0.05) is 19.4 Å². The van der Waals surface area contributed by atoms with Crippen LogP contribution in [0.4, 0.5) is 0 Å². The van der Waals surface area contributed by atoms with Crippen LogP contribution in [0.2, 0.25) is 0 Å². The minimum atomic E-state index is -0.611. The SMILES string of the molecule is COC(=O)[C@@H]1CC2=CC(=O)CC[C@]2(C)C2C1C1CC[C@@]3(CCC(=O)O3)[C@@]1(C)C[C@H]2O. The van der Waals surface area contributed by atoms with Crippen molar-refractivity contribution in [3.63, 3.8) is 0 Å². The maximum absolute atomic E-state index is 12.9. The summed E-state index contributed by atoms with van der Waals surface area (Å²) in [6.07, 6.45) is 6.21. The van der Waals surface area contributed by atoms with Crippen LogP contribution < -0.4 is 0 Å². The van der Waals surface area contributed by atoms with Crippen molar-refractivity contribution in [3.05, 3.63) is 11.6 Å². The largest absolute Gasteiger partial charge is 0.469 e. The van der Waals surface area contributed by atoms with Crippen LogP contribution in [0.1, 0.15) is 65.2 Å². The molecule has 0 radical (unpaired) electrons. The predicted molar refractivity (Wildman–Crippen MR) is 107 cm³/mol. The number of hydrogen-bond donors (Lipinski definition) is 1. The number of ketones is 1. The first-order valence-corrected chi connectivity index (χ1v) is 11.4. The number of rotatable bonds is 1. The minimum absolute atomic E-state index is 0.0415. The quantitative estimate of drug-likeness (QED) is 0.661. The molecule has 0 aromatic rings. The third kappa shape index (κ3) is 2.43. The molecule has 5 rings (SSSR count). The molecule has 5 aliphatic rings. The normalized spacial score (nSPS) is 49.7. The van der Waals surface area contributed by atoms with Gasteiger partial charge in [-0.2, -0.15) is 0 Å². The van der Waals surface area contributed by atoms with E-state index in [2.05, 4.69) is 13.8 Å². The number of hydrogen-bond acceptors (Lipinski definition) is 6. The Morgan fingerprint density at radius 3 is 2.63 bits per heavy atom. The molecule has 4 aliphatic carbocycles. The summed E-state index contributed by atoms with van der Waals surface area (Å²) in [5.41, 5.74) is -0.168. The maximum Gasteiger partial charge on any atom is 0.309 e. The van der Waals surface area contributed by atoms with Crippen molar-refractivity contribution in [2.45, 2.75) is 76.9 Å². The third-order valence-corrected chi connectivity index (χ3v) is 9.79. The molecule has 0 bridgehead atoms.